The Morgan fingerprint density at radius 3 is 3.00 bits per heavy atom. The molecule has 2 heterocycles. The van der Waals surface area contributed by atoms with Crippen molar-refractivity contribution in [1.29, 1.82) is 0 Å². The molecule has 0 N–H and O–H groups in total. The SMILES string of the molecule is COc1ccc(COC(=O)CC2OCCc3ccsc32)c(OC(F)F)c1. The van der Waals surface area contributed by atoms with Crippen molar-refractivity contribution in [3.8, 4) is 11.5 Å². The molecule has 1 atom stereocenters. The summed E-state index contributed by atoms with van der Waals surface area (Å²) >= 11 is 1.55. The molecule has 2 aromatic rings. The Balaban J connectivity index is 1.61. The second kappa shape index (κ2) is 8.46. The van der Waals surface area contributed by atoms with E-state index in [0.29, 0.717) is 17.9 Å². The average Bonchev–Trinajstić information content (AvgIpc) is 3.10. The van der Waals surface area contributed by atoms with Gasteiger partial charge in [0, 0.05) is 16.5 Å². The zero-order valence-corrected chi connectivity index (χ0v) is 14.9. The van der Waals surface area contributed by atoms with Crippen LogP contribution in [0.3, 0.4) is 0 Å². The van der Waals surface area contributed by atoms with Crippen molar-refractivity contribution < 1.29 is 32.5 Å². The van der Waals surface area contributed by atoms with Crippen LogP contribution in [0.15, 0.2) is 29.6 Å². The first kappa shape index (κ1) is 18.6. The van der Waals surface area contributed by atoms with Crippen molar-refractivity contribution in [1.82, 2.24) is 0 Å². The molecule has 26 heavy (non-hydrogen) atoms. The fourth-order valence-electron chi connectivity index (χ4n) is 2.73. The Bertz CT molecular complexity index is 762. The van der Waals surface area contributed by atoms with Gasteiger partial charge in [-0.1, -0.05) is 0 Å². The zero-order valence-electron chi connectivity index (χ0n) is 14.1. The van der Waals surface area contributed by atoms with Crippen molar-refractivity contribution in [3.05, 3.63) is 45.6 Å². The van der Waals surface area contributed by atoms with Crippen LogP contribution in [-0.4, -0.2) is 26.3 Å². The minimum atomic E-state index is -2.98. The molecule has 0 amide bonds. The second-order valence-electron chi connectivity index (χ2n) is 5.64. The van der Waals surface area contributed by atoms with Gasteiger partial charge in [-0.3, -0.25) is 4.79 Å². The van der Waals surface area contributed by atoms with E-state index < -0.39 is 12.6 Å². The molecule has 0 spiro atoms. The molecule has 1 aromatic carbocycles. The van der Waals surface area contributed by atoms with Gasteiger partial charge in [-0.15, -0.1) is 11.3 Å². The van der Waals surface area contributed by atoms with E-state index >= 15 is 0 Å². The van der Waals surface area contributed by atoms with Gasteiger partial charge in [-0.05, 0) is 35.6 Å². The van der Waals surface area contributed by atoms with Gasteiger partial charge in [0.05, 0.1) is 20.1 Å². The number of fused-ring (bicyclic) bond motifs is 1. The molecule has 1 aliphatic heterocycles. The smallest absolute Gasteiger partial charge is 0.387 e. The maximum absolute atomic E-state index is 12.6. The number of thiophene rings is 1. The summed E-state index contributed by atoms with van der Waals surface area (Å²) < 4.78 is 45.5. The molecule has 0 saturated heterocycles. The number of ether oxygens (including phenoxy) is 4. The van der Waals surface area contributed by atoms with E-state index in [2.05, 4.69) is 4.74 Å². The number of methoxy groups -OCH3 is 1. The lowest BCUT2D eigenvalue weighted by atomic mass is 10.1. The van der Waals surface area contributed by atoms with Gasteiger partial charge in [-0.25, -0.2) is 0 Å². The molecule has 5 nitrogen and oxygen atoms in total. The van der Waals surface area contributed by atoms with E-state index in [0.717, 1.165) is 11.3 Å². The normalized spacial score (nSPS) is 16.2. The standard InChI is InChI=1S/C18H18F2O5S/c1-22-13-3-2-12(14(8-13)25-18(19)20)10-24-16(21)9-15-17-11(4-6-23-15)5-7-26-17/h2-3,5,7-8,15,18H,4,6,9-10H2,1H3. The molecular weight excluding hydrogens is 366 g/mol. The highest BCUT2D eigenvalue weighted by Crippen LogP contribution is 2.34. The van der Waals surface area contributed by atoms with Crippen molar-refractivity contribution >= 4 is 17.3 Å². The Kier molecular flexibility index (Phi) is 6.05. The van der Waals surface area contributed by atoms with E-state index in [1.165, 1.54) is 24.8 Å². The Hall–Kier alpha value is -2.19. The van der Waals surface area contributed by atoms with Gasteiger partial charge in [0.2, 0.25) is 0 Å². The Morgan fingerprint density at radius 2 is 2.23 bits per heavy atom. The molecule has 1 unspecified atom stereocenters. The summed E-state index contributed by atoms with van der Waals surface area (Å²) in [5.41, 5.74) is 1.53. The number of halogens is 2. The number of carbonyl (C=O) groups excluding carboxylic acids is 1. The predicted octanol–water partition coefficient (Wildman–Crippen LogP) is 4.11. The number of hydrogen-bond acceptors (Lipinski definition) is 6. The van der Waals surface area contributed by atoms with Crippen molar-refractivity contribution in [2.24, 2.45) is 0 Å². The minimum absolute atomic E-state index is 0.0781. The van der Waals surface area contributed by atoms with Crippen LogP contribution in [0.4, 0.5) is 8.78 Å². The average molecular weight is 384 g/mol. The molecule has 1 aliphatic rings. The van der Waals surface area contributed by atoms with E-state index in [4.69, 9.17) is 14.2 Å². The number of carbonyl (C=O) groups is 1. The first-order valence-electron chi connectivity index (χ1n) is 8.02. The molecule has 3 rings (SSSR count). The first-order valence-corrected chi connectivity index (χ1v) is 8.90. The van der Waals surface area contributed by atoms with Gasteiger partial charge < -0.3 is 18.9 Å². The Labute approximate surface area is 153 Å². The van der Waals surface area contributed by atoms with Crippen molar-refractivity contribution in [3.63, 3.8) is 0 Å². The summed E-state index contributed by atoms with van der Waals surface area (Å²) in [4.78, 5) is 13.2. The molecule has 0 saturated carbocycles. The van der Waals surface area contributed by atoms with Crippen molar-refractivity contribution in [2.45, 2.75) is 32.2 Å². The third kappa shape index (κ3) is 4.50. The lowest BCUT2D eigenvalue weighted by molar-refractivity contribution is -0.148. The number of esters is 1. The monoisotopic (exact) mass is 384 g/mol. The van der Waals surface area contributed by atoms with E-state index in [-0.39, 0.29) is 24.9 Å². The zero-order chi connectivity index (χ0) is 18.5. The van der Waals surface area contributed by atoms with Gasteiger partial charge in [0.15, 0.2) is 0 Å². The molecular formula is C18H18F2O5S. The minimum Gasteiger partial charge on any atom is -0.497 e. The highest BCUT2D eigenvalue weighted by Gasteiger charge is 2.25. The predicted molar refractivity (Wildman–Crippen MR) is 90.8 cm³/mol. The summed E-state index contributed by atoms with van der Waals surface area (Å²) in [5.74, 6) is -0.173. The highest BCUT2D eigenvalue weighted by atomic mass is 32.1. The lowest BCUT2D eigenvalue weighted by Crippen LogP contribution is -2.18. The molecule has 0 radical (unpaired) electrons. The second-order valence-corrected chi connectivity index (χ2v) is 6.58. The number of hydrogen-bond donors (Lipinski definition) is 0. The number of benzene rings is 1. The van der Waals surface area contributed by atoms with Crippen molar-refractivity contribution in [2.75, 3.05) is 13.7 Å². The van der Waals surface area contributed by atoms with E-state index in [9.17, 15) is 13.6 Å². The van der Waals surface area contributed by atoms with Crippen LogP contribution in [0.2, 0.25) is 0 Å². The molecule has 1 aromatic heterocycles. The van der Waals surface area contributed by atoms with Crippen LogP contribution in [0.5, 0.6) is 11.5 Å². The summed E-state index contributed by atoms with van der Waals surface area (Å²) in [6.07, 6.45) is 0.595. The quantitative estimate of drug-likeness (QED) is 0.673. The molecule has 0 fully saturated rings. The fraction of sp³-hybridized carbons (Fsp3) is 0.389. The number of alkyl halides is 2. The molecule has 8 heteroatoms. The molecule has 0 aliphatic carbocycles. The largest absolute Gasteiger partial charge is 0.497 e. The van der Waals surface area contributed by atoms with Gasteiger partial charge in [0.1, 0.15) is 24.2 Å². The fourth-order valence-corrected chi connectivity index (χ4v) is 3.73. The van der Waals surface area contributed by atoms with Gasteiger partial charge in [0.25, 0.3) is 0 Å². The van der Waals surface area contributed by atoms with E-state index in [1.807, 2.05) is 11.4 Å². The maximum atomic E-state index is 12.6. The summed E-state index contributed by atoms with van der Waals surface area (Å²) in [6, 6.07) is 6.48. The third-order valence-corrected chi connectivity index (χ3v) is 5.05. The van der Waals surface area contributed by atoms with Crippen LogP contribution in [0.25, 0.3) is 0 Å². The van der Waals surface area contributed by atoms with E-state index in [1.54, 1.807) is 17.4 Å². The van der Waals surface area contributed by atoms with Crippen LogP contribution >= 0.6 is 11.3 Å². The summed E-state index contributed by atoms with van der Waals surface area (Å²) in [5, 5.41) is 1.98. The molecule has 0 bridgehead atoms. The lowest BCUT2D eigenvalue weighted by Gasteiger charge is -2.22. The van der Waals surface area contributed by atoms with Crippen LogP contribution < -0.4 is 9.47 Å². The maximum Gasteiger partial charge on any atom is 0.387 e. The van der Waals surface area contributed by atoms with Gasteiger partial charge in [-0.2, -0.15) is 8.78 Å². The number of rotatable bonds is 7. The van der Waals surface area contributed by atoms with Gasteiger partial charge >= 0.3 is 12.6 Å². The van der Waals surface area contributed by atoms with Crippen LogP contribution in [0, 0.1) is 0 Å². The summed E-state index contributed by atoms with van der Waals surface area (Å²) in [6.45, 7) is -2.59. The van der Waals surface area contributed by atoms with Crippen LogP contribution in [-0.2, 0) is 27.3 Å². The summed E-state index contributed by atoms with van der Waals surface area (Å²) in [7, 11) is 1.42. The topological polar surface area (TPSA) is 54.0 Å². The molecule has 140 valence electrons. The highest BCUT2D eigenvalue weighted by molar-refractivity contribution is 7.10. The van der Waals surface area contributed by atoms with Crippen LogP contribution in [0.1, 0.15) is 28.5 Å². The third-order valence-electron chi connectivity index (χ3n) is 3.99. The Morgan fingerprint density at radius 1 is 1.38 bits per heavy atom. The first-order chi connectivity index (χ1) is 12.6.